The maximum absolute atomic E-state index is 6.07. The van der Waals surface area contributed by atoms with Crippen molar-refractivity contribution in [1.82, 2.24) is 9.97 Å². The van der Waals surface area contributed by atoms with E-state index >= 15 is 0 Å². The van der Waals surface area contributed by atoms with Crippen LogP contribution in [0.5, 0.6) is 0 Å². The molecule has 2 N–H and O–H groups in total. The molecule has 1 aliphatic heterocycles. The molecule has 1 aromatic rings. The molecule has 4 heteroatoms. The van der Waals surface area contributed by atoms with Crippen LogP contribution in [0.2, 0.25) is 0 Å². The van der Waals surface area contributed by atoms with Crippen LogP contribution in [0.25, 0.3) is 0 Å². The van der Waals surface area contributed by atoms with Gasteiger partial charge < -0.3 is 10.6 Å². The van der Waals surface area contributed by atoms with Gasteiger partial charge in [0.1, 0.15) is 17.5 Å². The van der Waals surface area contributed by atoms with Crippen molar-refractivity contribution in [3.63, 3.8) is 0 Å². The Bertz CT molecular complexity index is 467. The number of nitrogen functional groups attached to an aromatic ring is 1. The molecule has 4 nitrogen and oxygen atoms in total. The van der Waals surface area contributed by atoms with Crippen LogP contribution < -0.4 is 10.6 Å². The van der Waals surface area contributed by atoms with Crippen LogP contribution >= 0.6 is 0 Å². The summed E-state index contributed by atoms with van der Waals surface area (Å²) in [5.41, 5.74) is 7.13. The van der Waals surface area contributed by atoms with Gasteiger partial charge >= 0.3 is 0 Å². The third kappa shape index (κ3) is 2.53. The molecule has 3 rings (SSSR count). The fourth-order valence-corrected chi connectivity index (χ4v) is 3.04. The van der Waals surface area contributed by atoms with E-state index in [1.54, 1.807) is 0 Å². The average molecular weight is 260 g/mol. The van der Waals surface area contributed by atoms with E-state index in [1.807, 2.05) is 0 Å². The lowest BCUT2D eigenvalue weighted by atomic mass is 10.0. The predicted molar refractivity (Wildman–Crippen MR) is 78.4 cm³/mol. The Morgan fingerprint density at radius 2 is 2.05 bits per heavy atom. The summed E-state index contributed by atoms with van der Waals surface area (Å²) in [6.07, 6.45) is 6.33. The Hall–Kier alpha value is -1.32. The number of nitrogens with two attached hydrogens (primary N) is 1. The quantitative estimate of drug-likeness (QED) is 0.904. The standard InChI is InChI=1S/C15H24N4/c1-3-4-11-7-8-19(9-11)15-10(2)13(16)17-14(18-15)12-5-6-12/h11-12H,3-9H2,1-2H3,(H2,16,17,18). The van der Waals surface area contributed by atoms with Crippen molar-refractivity contribution in [2.75, 3.05) is 23.7 Å². The number of rotatable bonds is 4. The Morgan fingerprint density at radius 1 is 1.26 bits per heavy atom. The first-order valence-corrected chi connectivity index (χ1v) is 7.58. The molecule has 1 aliphatic carbocycles. The highest BCUT2D eigenvalue weighted by Gasteiger charge is 2.30. The minimum absolute atomic E-state index is 0.565. The monoisotopic (exact) mass is 260 g/mol. The lowest BCUT2D eigenvalue weighted by Gasteiger charge is -2.21. The van der Waals surface area contributed by atoms with Crippen LogP contribution in [0.1, 0.15) is 56.3 Å². The van der Waals surface area contributed by atoms with Crippen molar-refractivity contribution in [3.8, 4) is 0 Å². The van der Waals surface area contributed by atoms with Crippen molar-refractivity contribution < 1.29 is 0 Å². The van der Waals surface area contributed by atoms with Crippen LogP contribution in [0.4, 0.5) is 11.6 Å². The van der Waals surface area contributed by atoms with Gasteiger partial charge in [-0.05, 0) is 38.5 Å². The van der Waals surface area contributed by atoms with E-state index in [-0.39, 0.29) is 0 Å². The number of nitrogens with zero attached hydrogens (tertiary/aromatic N) is 3. The molecule has 1 unspecified atom stereocenters. The zero-order valence-electron chi connectivity index (χ0n) is 12.0. The Balaban J connectivity index is 1.83. The fourth-order valence-electron chi connectivity index (χ4n) is 3.04. The van der Waals surface area contributed by atoms with E-state index in [9.17, 15) is 0 Å². The van der Waals surface area contributed by atoms with E-state index < -0.39 is 0 Å². The highest BCUT2D eigenvalue weighted by Crippen LogP contribution is 2.40. The van der Waals surface area contributed by atoms with E-state index in [2.05, 4.69) is 23.7 Å². The SMILES string of the molecule is CCCC1CCN(c2nc(C3CC3)nc(N)c2C)C1. The molecule has 0 aromatic carbocycles. The van der Waals surface area contributed by atoms with E-state index in [0.29, 0.717) is 11.7 Å². The normalized spacial score (nSPS) is 23.1. The van der Waals surface area contributed by atoms with Crippen molar-refractivity contribution in [1.29, 1.82) is 0 Å². The van der Waals surface area contributed by atoms with Gasteiger partial charge in [-0.1, -0.05) is 13.3 Å². The summed E-state index contributed by atoms with van der Waals surface area (Å²) in [5, 5.41) is 0. The van der Waals surface area contributed by atoms with Gasteiger partial charge in [0.25, 0.3) is 0 Å². The zero-order valence-corrected chi connectivity index (χ0v) is 12.0. The van der Waals surface area contributed by atoms with Gasteiger partial charge in [0.15, 0.2) is 0 Å². The number of hydrogen-bond donors (Lipinski definition) is 1. The second-order valence-corrected chi connectivity index (χ2v) is 6.08. The topological polar surface area (TPSA) is 55.0 Å². The lowest BCUT2D eigenvalue weighted by Crippen LogP contribution is -2.23. The summed E-state index contributed by atoms with van der Waals surface area (Å²) in [7, 11) is 0. The first kappa shape index (κ1) is 12.7. The van der Waals surface area contributed by atoms with Gasteiger partial charge in [0.2, 0.25) is 0 Å². The number of aromatic nitrogens is 2. The van der Waals surface area contributed by atoms with E-state index in [1.165, 1.54) is 32.1 Å². The molecule has 104 valence electrons. The van der Waals surface area contributed by atoms with Gasteiger partial charge in [-0.3, -0.25) is 0 Å². The van der Waals surface area contributed by atoms with Gasteiger partial charge in [-0.15, -0.1) is 0 Å². The van der Waals surface area contributed by atoms with Gasteiger partial charge in [0.05, 0.1) is 0 Å². The summed E-state index contributed by atoms with van der Waals surface area (Å²) in [6.45, 7) is 6.57. The third-order valence-electron chi connectivity index (χ3n) is 4.40. The van der Waals surface area contributed by atoms with E-state index in [4.69, 9.17) is 10.7 Å². The lowest BCUT2D eigenvalue weighted by molar-refractivity contribution is 0.529. The maximum atomic E-state index is 6.07. The van der Waals surface area contributed by atoms with Crippen LogP contribution in [0.3, 0.4) is 0 Å². The summed E-state index contributed by atoms with van der Waals surface area (Å²) in [4.78, 5) is 11.7. The van der Waals surface area contributed by atoms with Crippen LogP contribution in [0, 0.1) is 12.8 Å². The smallest absolute Gasteiger partial charge is 0.137 e. The van der Waals surface area contributed by atoms with Crippen molar-refractivity contribution in [2.24, 2.45) is 5.92 Å². The second kappa shape index (κ2) is 4.99. The Morgan fingerprint density at radius 3 is 2.74 bits per heavy atom. The van der Waals surface area contributed by atoms with Crippen molar-refractivity contribution >= 4 is 11.6 Å². The van der Waals surface area contributed by atoms with Crippen LogP contribution in [-0.4, -0.2) is 23.1 Å². The van der Waals surface area contributed by atoms with E-state index in [0.717, 1.165) is 36.2 Å². The fraction of sp³-hybridized carbons (Fsp3) is 0.733. The maximum Gasteiger partial charge on any atom is 0.137 e. The molecule has 1 aromatic heterocycles. The minimum Gasteiger partial charge on any atom is -0.383 e. The molecule has 2 aliphatic rings. The minimum atomic E-state index is 0.565. The third-order valence-corrected chi connectivity index (χ3v) is 4.40. The zero-order chi connectivity index (χ0) is 13.4. The van der Waals surface area contributed by atoms with Gasteiger partial charge in [-0.25, -0.2) is 9.97 Å². The molecule has 1 saturated heterocycles. The molecule has 19 heavy (non-hydrogen) atoms. The summed E-state index contributed by atoms with van der Waals surface area (Å²) < 4.78 is 0. The molecule has 2 fully saturated rings. The molecule has 2 heterocycles. The summed E-state index contributed by atoms with van der Waals surface area (Å²) in [5.74, 6) is 4.12. The Labute approximate surface area is 115 Å². The molecule has 0 bridgehead atoms. The molecule has 0 radical (unpaired) electrons. The first-order valence-electron chi connectivity index (χ1n) is 7.58. The predicted octanol–water partition coefficient (Wildman–Crippen LogP) is 2.87. The number of anilines is 2. The molecular formula is C15H24N4. The van der Waals surface area contributed by atoms with Gasteiger partial charge in [-0.2, -0.15) is 0 Å². The molecule has 1 atom stereocenters. The van der Waals surface area contributed by atoms with Gasteiger partial charge in [0, 0.05) is 24.6 Å². The Kier molecular flexibility index (Phi) is 3.33. The molecule has 0 spiro atoms. The first-order chi connectivity index (χ1) is 9.19. The van der Waals surface area contributed by atoms with Crippen LogP contribution in [-0.2, 0) is 0 Å². The summed E-state index contributed by atoms with van der Waals surface area (Å²) in [6, 6.07) is 0. The largest absolute Gasteiger partial charge is 0.383 e. The molecular weight excluding hydrogens is 236 g/mol. The molecule has 0 amide bonds. The van der Waals surface area contributed by atoms with Crippen molar-refractivity contribution in [2.45, 2.75) is 51.9 Å². The van der Waals surface area contributed by atoms with Crippen molar-refractivity contribution in [3.05, 3.63) is 11.4 Å². The molecule has 1 saturated carbocycles. The highest BCUT2D eigenvalue weighted by atomic mass is 15.2. The van der Waals surface area contributed by atoms with Crippen LogP contribution in [0.15, 0.2) is 0 Å². The average Bonchev–Trinajstić information content (AvgIpc) is 3.14. The highest BCUT2D eigenvalue weighted by molar-refractivity contribution is 5.57. The summed E-state index contributed by atoms with van der Waals surface area (Å²) >= 11 is 0. The second-order valence-electron chi connectivity index (χ2n) is 6.08. The number of hydrogen-bond acceptors (Lipinski definition) is 4.